The van der Waals surface area contributed by atoms with Gasteiger partial charge in [0.2, 0.25) is 0 Å². The molecule has 0 spiro atoms. The standard InChI is InChI=1S/C14H16N4S/c1-17-7-5-11(6-8-17)18-12-4-2-3-10(9-15)13(12)16-14(18)19/h2-4,11H,5-8H2,1H3,(H,16,19). The lowest BCUT2D eigenvalue weighted by Gasteiger charge is -2.30. The minimum Gasteiger partial charge on any atom is -0.329 e. The van der Waals surface area contributed by atoms with Crippen molar-refractivity contribution in [3.05, 3.63) is 28.5 Å². The summed E-state index contributed by atoms with van der Waals surface area (Å²) < 4.78 is 2.92. The Hall–Kier alpha value is -1.64. The maximum Gasteiger partial charge on any atom is 0.178 e. The molecule has 1 saturated heterocycles. The van der Waals surface area contributed by atoms with E-state index in [4.69, 9.17) is 17.5 Å². The molecular formula is C14H16N4S. The van der Waals surface area contributed by atoms with Crippen molar-refractivity contribution in [1.29, 1.82) is 5.26 Å². The number of imidazole rings is 1. The molecule has 1 aliphatic heterocycles. The number of fused-ring (bicyclic) bond motifs is 1. The fourth-order valence-corrected chi connectivity index (χ4v) is 3.21. The average Bonchev–Trinajstić information content (AvgIpc) is 2.76. The highest BCUT2D eigenvalue weighted by molar-refractivity contribution is 7.71. The van der Waals surface area contributed by atoms with Crippen LogP contribution in [0.1, 0.15) is 24.4 Å². The second kappa shape index (κ2) is 4.80. The van der Waals surface area contributed by atoms with Gasteiger partial charge >= 0.3 is 0 Å². The third-order valence-corrected chi connectivity index (χ3v) is 4.23. The van der Waals surface area contributed by atoms with Gasteiger partial charge in [0, 0.05) is 6.04 Å². The van der Waals surface area contributed by atoms with E-state index in [0.717, 1.165) is 41.7 Å². The van der Waals surface area contributed by atoms with Crippen LogP contribution in [0.2, 0.25) is 0 Å². The molecule has 1 fully saturated rings. The van der Waals surface area contributed by atoms with Gasteiger partial charge in [0.05, 0.1) is 16.6 Å². The van der Waals surface area contributed by atoms with E-state index in [-0.39, 0.29) is 0 Å². The summed E-state index contributed by atoms with van der Waals surface area (Å²) in [6, 6.07) is 8.45. The van der Waals surface area contributed by atoms with Crippen molar-refractivity contribution in [3.8, 4) is 6.07 Å². The van der Waals surface area contributed by atoms with E-state index in [2.05, 4.69) is 27.6 Å². The van der Waals surface area contributed by atoms with E-state index in [1.165, 1.54) is 0 Å². The molecule has 98 valence electrons. The van der Waals surface area contributed by atoms with Gasteiger partial charge in [-0.1, -0.05) is 6.07 Å². The van der Waals surface area contributed by atoms with Gasteiger partial charge in [0.15, 0.2) is 4.77 Å². The third-order valence-electron chi connectivity index (χ3n) is 3.93. The first-order valence-electron chi connectivity index (χ1n) is 6.52. The van der Waals surface area contributed by atoms with Gasteiger partial charge in [-0.25, -0.2) is 0 Å². The van der Waals surface area contributed by atoms with Crippen molar-refractivity contribution in [2.75, 3.05) is 20.1 Å². The Labute approximate surface area is 117 Å². The van der Waals surface area contributed by atoms with Crippen LogP contribution in [0.5, 0.6) is 0 Å². The first-order chi connectivity index (χ1) is 9.20. The van der Waals surface area contributed by atoms with E-state index in [0.29, 0.717) is 11.6 Å². The van der Waals surface area contributed by atoms with Crippen molar-refractivity contribution in [2.24, 2.45) is 0 Å². The zero-order valence-corrected chi connectivity index (χ0v) is 11.7. The number of para-hydroxylation sites is 1. The molecule has 3 rings (SSSR count). The Morgan fingerprint density at radius 3 is 2.79 bits per heavy atom. The molecule has 1 aliphatic rings. The number of rotatable bonds is 1. The Balaban J connectivity index is 2.12. The molecule has 0 amide bonds. The van der Waals surface area contributed by atoms with Crippen molar-refractivity contribution >= 4 is 23.3 Å². The predicted octanol–water partition coefficient (Wildman–Crippen LogP) is 2.84. The Morgan fingerprint density at radius 1 is 1.37 bits per heavy atom. The number of aromatic nitrogens is 2. The summed E-state index contributed by atoms with van der Waals surface area (Å²) in [5.41, 5.74) is 2.59. The Bertz CT molecular complexity index is 698. The third kappa shape index (κ3) is 2.07. The highest BCUT2D eigenvalue weighted by atomic mass is 32.1. The maximum absolute atomic E-state index is 9.16. The predicted molar refractivity (Wildman–Crippen MR) is 77.6 cm³/mol. The topological polar surface area (TPSA) is 47.8 Å². The monoisotopic (exact) mass is 272 g/mol. The molecule has 4 nitrogen and oxygen atoms in total. The number of likely N-dealkylation sites (tertiary alicyclic amines) is 1. The lowest BCUT2D eigenvalue weighted by Crippen LogP contribution is -2.31. The van der Waals surface area contributed by atoms with E-state index >= 15 is 0 Å². The molecule has 5 heteroatoms. The number of nitriles is 1. The second-order valence-electron chi connectivity index (χ2n) is 5.15. The summed E-state index contributed by atoms with van der Waals surface area (Å²) in [5, 5.41) is 9.16. The number of aromatic amines is 1. The quantitative estimate of drug-likeness (QED) is 0.812. The fourth-order valence-electron chi connectivity index (χ4n) is 2.86. The minimum atomic E-state index is 0.436. The molecule has 19 heavy (non-hydrogen) atoms. The number of H-pyrrole nitrogens is 1. The van der Waals surface area contributed by atoms with Crippen molar-refractivity contribution < 1.29 is 0 Å². The number of hydrogen-bond acceptors (Lipinski definition) is 3. The number of benzene rings is 1. The van der Waals surface area contributed by atoms with Gasteiger partial charge < -0.3 is 14.5 Å². The molecule has 2 aromatic rings. The van der Waals surface area contributed by atoms with Crippen LogP contribution in [0, 0.1) is 16.1 Å². The van der Waals surface area contributed by atoms with Crippen molar-refractivity contribution in [3.63, 3.8) is 0 Å². The normalized spacial score (nSPS) is 17.7. The van der Waals surface area contributed by atoms with Crippen LogP contribution in [0.4, 0.5) is 0 Å². The van der Waals surface area contributed by atoms with E-state index < -0.39 is 0 Å². The van der Waals surface area contributed by atoms with Gasteiger partial charge in [-0.2, -0.15) is 5.26 Å². The summed E-state index contributed by atoms with van der Waals surface area (Å²) in [5.74, 6) is 0. The van der Waals surface area contributed by atoms with E-state index in [9.17, 15) is 0 Å². The van der Waals surface area contributed by atoms with Crippen LogP contribution in [-0.4, -0.2) is 34.6 Å². The van der Waals surface area contributed by atoms with Crippen LogP contribution in [0.25, 0.3) is 11.0 Å². The average molecular weight is 272 g/mol. The molecule has 2 heterocycles. The Kier molecular flexibility index (Phi) is 3.13. The van der Waals surface area contributed by atoms with Gasteiger partial charge in [-0.05, 0) is 57.3 Å². The summed E-state index contributed by atoms with van der Waals surface area (Å²) in [6.07, 6.45) is 2.21. The highest BCUT2D eigenvalue weighted by Crippen LogP contribution is 2.28. The van der Waals surface area contributed by atoms with Crippen LogP contribution in [0.3, 0.4) is 0 Å². The van der Waals surface area contributed by atoms with Gasteiger partial charge in [0.1, 0.15) is 6.07 Å². The molecule has 1 N–H and O–H groups in total. The van der Waals surface area contributed by atoms with E-state index in [1.54, 1.807) is 0 Å². The van der Waals surface area contributed by atoms with Crippen LogP contribution in [0.15, 0.2) is 18.2 Å². The largest absolute Gasteiger partial charge is 0.329 e. The Morgan fingerprint density at radius 2 is 2.11 bits per heavy atom. The zero-order chi connectivity index (χ0) is 13.4. The lowest BCUT2D eigenvalue weighted by atomic mass is 10.0. The summed E-state index contributed by atoms with van der Waals surface area (Å²) >= 11 is 5.46. The summed E-state index contributed by atoms with van der Waals surface area (Å²) in [4.78, 5) is 5.54. The first kappa shape index (κ1) is 12.4. The van der Waals surface area contributed by atoms with E-state index in [1.807, 2.05) is 18.2 Å². The molecule has 0 bridgehead atoms. The number of nitrogens with one attached hydrogen (secondary N) is 1. The van der Waals surface area contributed by atoms with Crippen LogP contribution in [-0.2, 0) is 0 Å². The summed E-state index contributed by atoms with van der Waals surface area (Å²) in [7, 11) is 2.15. The van der Waals surface area contributed by atoms with Gasteiger partial charge in [0.25, 0.3) is 0 Å². The van der Waals surface area contributed by atoms with Crippen molar-refractivity contribution in [2.45, 2.75) is 18.9 Å². The highest BCUT2D eigenvalue weighted by Gasteiger charge is 2.21. The van der Waals surface area contributed by atoms with Crippen molar-refractivity contribution in [1.82, 2.24) is 14.5 Å². The molecule has 0 radical (unpaired) electrons. The maximum atomic E-state index is 9.16. The number of nitrogens with zero attached hydrogens (tertiary/aromatic N) is 3. The van der Waals surface area contributed by atoms with Crippen LogP contribution >= 0.6 is 12.2 Å². The smallest absolute Gasteiger partial charge is 0.178 e. The molecule has 0 saturated carbocycles. The molecular weight excluding hydrogens is 256 g/mol. The molecule has 0 aliphatic carbocycles. The number of piperidine rings is 1. The molecule has 0 unspecified atom stereocenters. The lowest BCUT2D eigenvalue weighted by molar-refractivity contribution is 0.223. The first-order valence-corrected chi connectivity index (χ1v) is 6.93. The van der Waals surface area contributed by atoms with Crippen LogP contribution < -0.4 is 0 Å². The molecule has 1 aromatic heterocycles. The molecule has 1 aromatic carbocycles. The fraction of sp³-hybridized carbons (Fsp3) is 0.429. The molecule has 0 atom stereocenters. The second-order valence-corrected chi connectivity index (χ2v) is 5.53. The SMILES string of the molecule is CN1CCC(n2c(=S)[nH]c3c(C#N)cccc32)CC1. The number of hydrogen-bond donors (Lipinski definition) is 1. The van der Waals surface area contributed by atoms with Gasteiger partial charge in [-0.15, -0.1) is 0 Å². The zero-order valence-electron chi connectivity index (χ0n) is 10.9. The summed E-state index contributed by atoms with van der Waals surface area (Å²) in [6.45, 7) is 2.19. The van der Waals surface area contributed by atoms with Gasteiger partial charge in [-0.3, -0.25) is 0 Å². The minimum absolute atomic E-state index is 0.436.